The number of para-hydroxylation sites is 1. The number of carbonyl (C=O) groups excluding carboxylic acids is 3. The van der Waals surface area contributed by atoms with Crippen LogP contribution >= 0.6 is 23.4 Å². The molecule has 0 bridgehead atoms. The van der Waals surface area contributed by atoms with Crippen molar-refractivity contribution >= 4 is 58.5 Å². The van der Waals surface area contributed by atoms with Gasteiger partial charge in [-0.05, 0) is 72.3 Å². The largest absolute Gasteiger partial charge is 0.496 e. The molecule has 48 heavy (non-hydrogen) atoms. The Bertz CT molecular complexity index is 1920. The Morgan fingerprint density at radius 1 is 0.729 bits per heavy atom. The molecule has 0 aliphatic carbocycles. The van der Waals surface area contributed by atoms with Crippen molar-refractivity contribution in [3.05, 3.63) is 155 Å². The van der Waals surface area contributed by atoms with Crippen molar-refractivity contribution < 1.29 is 23.9 Å². The fraction of sp³-hybridized carbons (Fsp3) is 0.0789. The molecule has 1 atom stereocenters. The van der Waals surface area contributed by atoms with Crippen molar-refractivity contribution in [1.82, 2.24) is 5.32 Å². The van der Waals surface area contributed by atoms with Gasteiger partial charge in [0, 0.05) is 26.7 Å². The maximum Gasteiger partial charge on any atom is 0.272 e. The maximum atomic E-state index is 13.6. The van der Waals surface area contributed by atoms with Gasteiger partial charge >= 0.3 is 0 Å². The van der Waals surface area contributed by atoms with Crippen LogP contribution in [-0.4, -0.2) is 31.9 Å². The number of hydrogen-bond acceptors (Lipinski definition) is 6. The molecule has 8 nitrogen and oxygen atoms in total. The van der Waals surface area contributed by atoms with Crippen LogP contribution < -0.4 is 25.4 Å². The van der Waals surface area contributed by atoms with Crippen LogP contribution in [0.15, 0.2) is 138 Å². The molecule has 0 fully saturated rings. The summed E-state index contributed by atoms with van der Waals surface area (Å²) in [6.45, 7) is 0. The lowest BCUT2D eigenvalue weighted by Crippen LogP contribution is -2.30. The van der Waals surface area contributed by atoms with Gasteiger partial charge in [-0.3, -0.25) is 14.4 Å². The third-order valence-corrected chi connectivity index (χ3v) is 8.59. The molecule has 3 amide bonds. The molecule has 242 valence electrons. The number of rotatable bonds is 12. The molecule has 5 aromatic rings. The Labute approximate surface area is 288 Å². The second-order valence-electron chi connectivity index (χ2n) is 10.3. The second kappa shape index (κ2) is 16.4. The molecule has 0 saturated heterocycles. The monoisotopic (exact) mass is 677 g/mol. The van der Waals surface area contributed by atoms with Crippen LogP contribution in [0.25, 0.3) is 6.08 Å². The van der Waals surface area contributed by atoms with Gasteiger partial charge in [-0.2, -0.15) is 0 Å². The average Bonchev–Trinajstić information content (AvgIpc) is 3.12. The van der Waals surface area contributed by atoms with E-state index in [1.54, 1.807) is 72.8 Å². The van der Waals surface area contributed by atoms with Gasteiger partial charge in [0.05, 0.1) is 19.9 Å². The molecule has 0 aliphatic rings. The Morgan fingerprint density at radius 3 is 2.06 bits per heavy atom. The van der Waals surface area contributed by atoms with Gasteiger partial charge in [0.15, 0.2) is 0 Å². The number of anilines is 2. The highest BCUT2D eigenvalue weighted by molar-refractivity contribution is 8.00. The number of thioether (sulfide) groups is 1. The quantitative estimate of drug-likeness (QED) is 0.0908. The van der Waals surface area contributed by atoms with E-state index in [4.69, 9.17) is 21.1 Å². The third kappa shape index (κ3) is 8.85. The molecule has 0 spiro atoms. The Kier molecular flexibility index (Phi) is 11.5. The topological polar surface area (TPSA) is 106 Å². The van der Waals surface area contributed by atoms with E-state index in [2.05, 4.69) is 16.0 Å². The molecule has 10 heteroatoms. The number of benzene rings is 5. The molecular weight excluding hydrogens is 646 g/mol. The normalized spacial score (nSPS) is 11.6. The Balaban J connectivity index is 1.35. The van der Waals surface area contributed by atoms with E-state index in [-0.39, 0.29) is 11.6 Å². The van der Waals surface area contributed by atoms with E-state index >= 15 is 0 Å². The van der Waals surface area contributed by atoms with Crippen LogP contribution in [0.1, 0.15) is 26.7 Å². The van der Waals surface area contributed by atoms with Gasteiger partial charge in [-0.25, -0.2) is 0 Å². The summed E-state index contributed by atoms with van der Waals surface area (Å²) in [5.74, 6) is -0.181. The third-order valence-electron chi connectivity index (χ3n) is 7.09. The molecule has 0 saturated carbocycles. The fourth-order valence-corrected chi connectivity index (χ4v) is 5.91. The van der Waals surface area contributed by atoms with Crippen molar-refractivity contribution in [2.75, 3.05) is 24.9 Å². The number of carbonyl (C=O) groups is 3. The molecule has 0 aromatic heterocycles. The minimum absolute atomic E-state index is 0.0315. The first kappa shape index (κ1) is 33.8. The minimum atomic E-state index is -0.612. The van der Waals surface area contributed by atoms with Crippen molar-refractivity contribution in [3.8, 4) is 11.5 Å². The van der Waals surface area contributed by atoms with Crippen molar-refractivity contribution in [3.63, 3.8) is 0 Å². The van der Waals surface area contributed by atoms with Gasteiger partial charge in [0.25, 0.3) is 11.8 Å². The lowest BCUT2D eigenvalue weighted by atomic mass is 10.1. The zero-order valence-corrected chi connectivity index (χ0v) is 27.7. The number of methoxy groups -OCH3 is 2. The summed E-state index contributed by atoms with van der Waals surface area (Å²) in [5.41, 5.74) is 2.82. The average molecular weight is 678 g/mol. The van der Waals surface area contributed by atoms with Crippen molar-refractivity contribution in [2.45, 2.75) is 10.1 Å². The predicted octanol–water partition coefficient (Wildman–Crippen LogP) is 8.24. The summed E-state index contributed by atoms with van der Waals surface area (Å²) < 4.78 is 10.9. The fourth-order valence-electron chi connectivity index (χ4n) is 4.71. The van der Waals surface area contributed by atoms with Gasteiger partial charge in [-0.1, -0.05) is 78.3 Å². The van der Waals surface area contributed by atoms with Gasteiger partial charge in [0.1, 0.15) is 22.4 Å². The number of hydrogen-bond donors (Lipinski definition) is 3. The van der Waals surface area contributed by atoms with Crippen LogP contribution in [0.4, 0.5) is 11.4 Å². The van der Waals surface area contributed by atoms with E-state index in [1.807, 2.05) is 60.7 Å². The molecule has 0 heterocycles. The van der Waals surface area contributed by atoms with Gasteiger partial charge in [0.2, 0.25) is 5.91 Å². The first-order chi connectivity index (χ1) is 23.3. The molecule has 0 aliphatic heterocycles. The standard InChI is InChI=1S/C38H32ClN3O5S/c1-46-33-16-10-9-15-27(33)23-32(42-36(43)26-13-7-4-8-14-26)37(44)40-29-18-20-30(21-19-29)48-35(25-11-5-3-6-12-25)38(45)41-31-24-28(39)17-22-34(31)47-2/h3-24,35H,1-2H3,(H,40,44)(H,41,45)(H,42,43)/b32-23-. The Morgan fingerprint density at radius 2 is 1.38 bits per heavy atom. The highest BCUT2D eigenvalue weighted by Crippen LogP contribution is 2.38. The van der Waals surface area contributed by atoms with Crippen LogP contribution in [0.3, 0.4) is 0 Å². The highest BCUT2D eigenvalue weighted by atomic mass is 35.5. The summed E-state index contributed by atoms with van der Waals surface area (Å²) in [6.07, 6.45) is 1.57. The van der Waals surface area contributed by atoms with E-state index in [0.717, 1.165) is 10.5 Å². The lowest BCUT2D eigenvalue weighted by Gasteiger charge is -2.19. The van der Waals surface area contributed by atoms with E-state index in [1.165, 1.54) is 26.0 Å². The van der Waals surface area contributed by atoms with E-state index in [9.17, 15) is 14.4 Å². The van der Waals surface area contributed by atoms with Crippen molar-refractivity contribution in [1.29, 1.82) is 0 Å². The number of ether oxygens (including phenoxy) is 2. The molecule has 1 unspecified atom stereocenters. The smallest absolute Gasteiger partial charge is 0.272 e. The first-order valence-electron chi connectivity index (χ1n) is 14.8. The number of halogens is 1. The zero-order valence-electron chi connectivity index (χ0n) is 26.1. The minimum Gasteiger partial charge on any atom is -0.496 e. The summed E-state index contributed by atoms with van der Waals surface area (Å²) in [4.78, 5) is 41.0. The lowest BCUT2D eigenvalue weighted by molar-refractivity contribution is -0.116. The molecule has 5 aromatic carbocycles. The highest BCUT2D eigenvalue weighted by Gasteiger charge is 2.24. The zero-order chi connectivity index (χ0) is 33.9. The SMILES string of the molecule is COc1ccccc1/C=C(\NC(=O)c1ccccc1)C(=O)Nc1ccc(SC(C(=O)Nc2cc(Cl)ccc2OC)c2ccccc2)cc1. The maximum absolute atomic E-state index is 13.6. The van der Waals surface area contributed by atoms with Crippen LogP contribution in [0.5, 0.6) is 11.5 Å². The summed E-state index contributed by atoms with van der Waals surface area (Å²) in [5, 5.41) is 8.41. The van der Waals surface area contributed by atoms with Crippen LogP contribution in [-0.2, 0) is 9.59 Å². The summed E-state index contributed by atoms with van der Waals surface area (Å²) >= 11 is 7.54. The van der Waals surface area contributed by atoms with Crippen LogP contribution in [0.2, 0.25) is 5.02 Å². The molecule has 0 radical (unpaired) electrons. The van der Waals surface area contributed by atoms with E-state index < -0.39 is 17.1 Å². The summed E-state index contributed by atoms with van der Waals surface area (Å²) in [6, 6.07) is 37.4. The van der Waals surface area contributed by atoms with Crippen LogP contribution in [0, 0.1) is 0 Å². The van der Waals surface area contributed by atoms with Gasteiger partial charge in [-0.15, -0.1) is 11.8 Å². The molecular formula is C38H32ClN3O5S. The second-order valence-corrected chi connectivity index (χ2v) is 12.0. The van der Waals surface area contributed by atoms with Crippen molar-refractivity contribution in [2.24, 2.45) is 0 Å². The van der Waals surface area contributed by atoms with E-state index in [0.29, 0.717) is 39.0 Å². The van der Waals surface area contributed by atoms with Gasteiger partial charge < -0.3 is 25.4 Å². The summed E-state index contributed by atoms with van der Waals surface area (Å²) in [7, 11) is 3.06. The Hall–Kier alpha value is -5.51. The number of amides is 3. The predicted molar refractivity (Wildman–Crippen MR) is 192 cm³/mol. The molecule has 5 rings (SSSR count). The number of nitrogens with one attached hydrogen (secondary N) is 3. The molecule has 3 N–H and O–H groups in total. The first-order valence-corrected chi connectivity index (χ1v) is 16.1.